The first-order valence-electron chi connectivity index (χ1n) is 10.2. The minimum absolute atomic E-state index is 0.0215. The van der Waals surface area contributed by atoms with Crippen molar-refractivity contribution in [3.63, 3.8) is 0 Å². The number of amides is 2. The molecule has 1 aliphatic heterocycles. The maximum absolute atomic E-state index is 12.8. The standard InChI is InChI=1S/C23H24N2O8S/c1-4-32-22(27)19-17(13-33-21(26)16-7-5-6-8-18(16)34(3,29)30)24-23(28)25-20(19)14-9-11-15(31-2)12-10-14/h5-12,20H,4,13H2,1-3H3,(H2,24,25,28)/t20-/m0/s1. The van der Waals surface area contributed by atoms with Crippen LogP contribution in [-0.2, 0) is 24.1 Å². The van der Waals surface area contributed by atoms with E-state index in [0.717, 1.165) is 6.26 Å². The van der Waals surface area contributed by atoms with Crippen LogP contribution in [0.15, 0.2) is 64.7 Å². The Bertz CT molecular complexity index is 1240. The Balaban J connectivity index is 1.96. The highest BCUT2D eigenvalue weighted by atomic mass is 32.2. The molecule has 0 radical (unpaired) electrons. The Labute approximate surface area is 196 Å². The van der Waals surface area contributed by atoms with Gasteiger partial charge in [0.2, 0.25) is 0 Å². The largest absolute Gasteiger partial charge is 0.497 e. The highest BCUT2D eigenvalue weighted by Crippen LogP contribution is 2.29. The number of rotatable bonds is 8. The van der Waals surface area contributed by atoms with Crippen LogP contribution in [0.2, 0.25) is 0 Å². The van der Waals surface area contributed by atoms with E-state index in [2.05, 4.69) is 10.6 Å². The molecule has 0 aliphatic carbocycles. The van der Waals surface area contributed by atoms with E-state index in [0.29, 0.717) is 11.3 Å². The predicted molar refractivity (Wildman–Crippen MR) is 121 cm³/mol. The van der Waals surface area contributed by atoms with Crippen molar-refractivity contribution in [1.82, 2.24) is 10.6 Å². The van der Waals surface area contributed by atoms with Crippen LogP contribution in [-0.4, -0.2) is 53.0 Å². The van der Waals surface area contributed by atoms with Gasteiger partial charge in [0.05, 0.1) is 41.5 Å². The summed E-state index contributed by atoms with van der Waals surface area (Å²) in [6.45, 7) is 1.23. The first-order valence-corrected chi connectivity index (χ1v) is 12.1. The van der Waals surface area contributed by atoms with E-state index in [4.69, 9.17) is 14.2 Å². The number of carbonyl (C=O) groups excluding carboxylic acids is 3. The SMILES string of the molecule is CCOC(=O)C1=C(COC(=O)c2ccccc2S(C)(=O)=O)NC(=O)N[C@H]1c1ccc(OC)cc1. The number of esters is 2. The molecule has 2 aromatic carbocycles. The van der Waals surface area contributed by atoms with Crippen molar-refractivity contribution in [2.75, 3.05) is 26.6 Å². The van der Waals surface area contributed by atoms with Crippen molar-refractivity contribution in [3.8, 4) is 5.75 Å². The summed E-state index contributed by atoms with van der Waals surface area (Å²) in [5.74, 6) is -1.05. The molecule has 2 aromatic rings. The van der Waals surface area contributed by atoms with Gasteiger partial charge in [-0.25, -0.2) is 22.8 Å². The summed E-state index contributed by atoms with van der Waals surface area (Å²) in [5, 5.41) is 5.16. The predicted octanol–water partition coefficient (Wildman–Crippen LogP) is 2.13. The van der Waals surface area contributed by atoms with E-state index in [1.54, 1.807) is 31.2 Å². The quantitative estimate of drug-likeness (QED) is 0.539. The van der Waals surface area contributed by atoms with Crippen molar-refractivity contribution >= 4 is 27.8 Å². The molecule has 2 amide bonds. The second kappa shape index (κ2) is 10.4. The first kappa shape index (κ1) is 24.8. The van der Waals surface area contributed by atoms with Gasteiger partial charge in [0.1, 0.15) is 12.4 Å². The van der Waals surface area contributed by atoms with Gasteiger partial charge >= 0.3 is 18.0 Å². The summed E-state index contributed by atoms with van der Waals surface area (Å²) in [5.41, 5.74) is 0.490. The lowest BCUT2D eigenvalue weighted by Gasteiger charge is -2.29. The molecule has 3 rings (SSSR count). The summed E-state index contributed by atoms with van der Waals surface area (Å²) in [6.07, 6.45) is 0.979. The molecule has 11 heteroatoms. The van der Waals surface area contributed by atoms with Crippen LogP contribution >= 0.6 is 0 Å². The normalized spacial score (nSPS) is 15.7. The maximum atomic E-state index is 12.8. The minimum atomic E-state index is -3.69. The molecule has 34 heavy (non-hydrogen) atoms. The van der Waals surface area contributed by atoms with Gasteiger partial charge in [-0.1, -0.05) is 24.3 Å². The lowest BCUT2D eigenvalue weighted by Crippen LogP contribution is -2.47. The number of hydrogen-bond donors (Lipinski definition) is 2. The van der Waals surface area contributed by atoms with Crippen molar-refractivity contribution in [2.24, 2.45) is 0 Å². The first-order chi connectivity index (χ1) is 16.2. The summed E-state index contributed by atoms with van der Waals surface area (Å²) >= 11 is 0. The van der Waals surface area contributed by atoms with Crippen molar-refractivity contribution < 1.29 is 37.0 Å². The third-order valence-corrected chi connectivity index (χ3v) is 6.11. The highest BCUT2D eigenvalue weighted by Gasteiger charge is 2.34. The van der Waals surface area contributed by atoms with Gasteiger partial charge in [0.25, 0.3) is 0 Å². The molecule has 0 spiro atoms. The molecule has 0 fully saturated rings. The number of benzene rings is 2. The topological polar surface area (TPSA) is 137 Å². The third kappa shape index (κ3) is 5.54. The number of sulfone groups is 1. The molecule has 0 saturated carbocycles. The Morgan fingerprint density at radius 3 is 2.29 bits per heavy atom. The summed E-state index contributed by atoms with van der Waals surface area (Å²) in [6, 6.07) is 10.8. The average molecular weight is 489 g/mol. The fraction of sp³-hybridized carbons (Fsp3) is 0.261. The molecule has 0 bridgehead atoms. The molecule has 10 nitrogen and oxygen atoms in total. The Kier molecular flexibility index (Phi) is 7.57. The zero-order valence-electron chi connectivity index (χ0n) is 18.8. The lowest BCUT2D eigenvalue weighted by molar-refractivity contribution is -0.139. The number of nitrogens with one attached hydrogen (secondary N) is 2. The van der Waals surface area contributed by atoms with Crippen molar-refractivity contribution in [3.05, 3.63) is 70.9 Å². The highest BCUT2D eigenvalue weighted by molar-refractivity contribution is 7.90. The molecule has 180 valence electrons. The summed E-state index contributed by atoms with van der Waals surface area (Å²) in [4.78, 5) is 37.7. The van der Waals surface area contributed by atoms with Crippen LogP contribution in [0.3, 0.4) is 0 Å². The number of hydrogen-bond acceptors (Lipinski definition) is 8. The van der Waals surface area contributed by atoms with Crippen LogP contribution in [0.25, 0.3) is 0 Å². The second-order valence-electron chi connectivity index (χ2n) is 7.26. The fourth-order valence-electron chi connectivity index (χ4n) is 3.40. The van der Waals surface area contributed by atoms with Crippen molar-refractivity contribution in [2.45, 2.75) is 17.9 Å². The van der Waals surface area contributed by atoms with Gasteiger partial charge in [-0.15, -0.1) is 0 Å². The Hall–Kier alpha value is -3.86. The maximum Gasteiger partial charge on any atom is 0.339 e. The molecule has 0 unspecified atom stereocenters. The second-order valence-corrected chi connectivity index (χ2v) is 9.25. The van der Waals surface area contributed by atoms with E-state index in [1.165, 1.54) is 31.4 Å². The molecule has 1 heterocycles. The molecule has 2 N–H and O–H groups in total. The number of ether oxygens (including phenoxy) is 3. The van der Waals surface area contributed by atoms with E-state index in [9.17, 15) is 22.8 Å². The van der Waals surface area contributed by atoms with Crippen LogP contribution < -0.4 is 15.4 Å². The molecule has 1 atom stereocenters. The molecule has 0 aromatic heterocycles. The lowest BCUT2D eigenvalue weighted by atomic mass is 9.95. The van der Waals surface area contributed by atoms with Gasteiger partial charge in [-0.2, -0.15) is 0 Å². The number of carbonyl (C=O) groups is 3. The molecular weight excluding hydrogens is 464 g/mol. The molecule has 0 saturated heterocycles. The van der Waals surface area contributed by atoms with Gasteiger partial charge in [-0.05, 0) is 36.8 Å². The van der Waals surface area contributed by atoms with Crippen LogP contribution in [0.1, 0.15) is 28.9 Å². The van der Waals surface area contributed by atoms with Crippen LogP contribution in [0.5, 0.6) is 5.75 Å². The minimum Gasteiger partial charge on any atom is -0.497 e. The van der Waals surface area contributed by atoms with Gasteiger partial charge < -0.3 is 24.8 Å². The fourth-order valence-corrected chi connectivity index (χ4v) is 4.28. The van der Waals surface area contributed by atoms with Crippen molar-refractivity contribution in [1.29, 1.82) is 0 Å². The zero-order chi connectivity index (χ0) is 24.9. The van der Waals surface area contributed by atoms with Gasteiger partial charge in [0, 0.05) is 6.26 Å². The van der Waals surface area contributed by atoms with Gasteiger partial charge in [0.15, 0.2) is 9.84 Å². The molecular formula is C23H24N2O8S. The Morgan fingerprint density at radius 1 is 1.00 bits per heavy atom. The molecule has 1 aliphatic rings. The van der Waals surface area contributed by atoms with Gasteiger partial charge in [-0.3, -0.25) is 0 Å². The Morgan fingerprint density at radius 2 is 1.68 bits per heavy atom. The summed E-state index contributed by atoms with van der Waals surface area (Å²) in [7, 11) is -2.18. The van der Waals surface area contributed by atoms with E-state index < -0.39 is 40.5 Å². The number of urea groups is 1. The van der Waals surface area contributed by atoms with E-state index >= 15 is 0 Å². The zero-order valence-corrected chi connectivity index (χ0v) is 19.6. The average Bonchev–Trinajstić information content (AvgIpc) is 2.81. The van der Waals surface area contributed by atoms with Crippen LogP contribution in [0, 0.1) is 0 Å². The van der Waals surface area contributed by atoms with E-state index in [-0.39, 0.29) is 28.3 Å². The summed E-state index contributed by atoms with van der Waals surface area (Å²) < 4.78 is 39.6. The third-order valence-electron chi connectivity index (χ3n) is 4.95. The van der Waals surface area contributed by atoms with Crippen LogP contribution in [0.4, 0.5) is 4.79 Å². The monoisotopic (exact) mass is 488 g/mol. The number of methoxy groups -OCH3 is 1. The smallest absolute Gasteiger partial charge is 0.339 e. The van der Waals surface area contributed by atoms with E-state index in [1.807, 2.05) is 0 Å².